The number of hydrogen-bond donors (Lipinski definition) is 1. The van der Waals surface area contributed by atoms with E-state index in [9.17, 15) is 9.59 Å². The van der Waals surface area contributed by atoms with Crippen LogP contribution in [0, 0.1) is 0 Å². The van der Waals surface area contributed by atoms with Gasteiger partial charge in [-0.1, -0.05) is 12.1 Å². The lowest BCUT2D eigenvalue weighted by molar-refractivity contribution is 0.0600. The molecule has 1 N–H and O–H groups in total. The van der Waals surface area contributed by atoms with Crippen LogP contribution in [0.5, 0.6) is 5.75 Å². The van der Waals surface area contributed by atoms with Gasteiger partial charge in [0.1, 0.15) is 5.75 Å². The molecule has 0 radical (unpaired) electrons. The molecule has 0 atom stereocenters. The summed E-state index contributed by atoms with van der Waals surface area (Å²) in [5.41, 5.74) is 2.72. The third kappa shape index (κ3) is 5.07. The van der Waals surface area contributed by atoms with Gasteiger partial charge in [-0.15, -0.1) is 0 Å². The summed E-state index contributed by atoms with van der Waals surface area (Å²) in [5.74, 6) is 0.423. The average Bonchev–Trinajstić information content (AvgIpc) is 3.21. The van der Waals surface area contributed by atoms with Gasteiger partial charge in [-0.25, -0.2) is 9.78 Å². The van der Waals surface area contributed by atoms with Crippen molar-refractivity contribution in [3.8, 4) is 5.75 Å². The van der Waals surface area contributed by atoms with E-state index in [0.717, 1.165) is 37.2 Å². The summed E-state index contributed by atoms with van der Waals surface area (Å²) in [5, 5.41) is 3.19. The monoisotopic (exact) mass is 464 g/mol. The summed E-state index contributed by atoms with van der Waals surface area (Å²) in [4.78, 5) is 32.6. The minimum atomic E-state index is -0.432. The molecule has 0 aliphatic carbocycles. The van der Waals surface area contributed by atoms with Crippen molar-refractivity contribution >= 4 is 22.9 Å². The third-order valence-electron chi connectivity index (χ3n) is 6.44. The Morgan fingerprint density at radius 2 is 1.88 bits per heavy atom. The smallest absolute Gasteiger partial charge is 0.337 e. The predicted molar refractivity (Wildman–Crippen MR) is 130 cm³/mol. The average molecular weight is 465 g/mol. The van der Waals surface area contributed by atoms with Gasteiger partial charge in [-0.05, 0) is 62.6 Å². The van der Waals surface area contributed by atoms with Gasteiger partial charge in [0.15, 0.2) is 5.82 Å². The number of nitrogens with one attached hydrogen (secondary N) is 1. The van der Waals surface area contributed by atoms with Crippen LogP contribution in [0.25, 0.3) is 11.0 Å². The number of nitrogens with zero attached hydrogens (tertiary/aromatic N) is 3. The summed E-state index contributed by atoms with van der Waals surface area (Å²) in [6.45, 7) is 6.73. The summed E-state index contributed by atoms with van der Waals surface area (Å²) < 4.78 is 12.1. The van der Waals surface area contributed by atoms with Crippen LogP contribution in [0.15, 0.2) is 42.5 Å². The topological polar surface area (TPSA) is 85.7 Å². The fourth-order valence-corrected chi connectivity index (χ4v) is 4.46. The van der Waals surface area contributed by atoms with Crippen molar-refractivity contribution in [3.63, 3.8) is 0 Å². The molecule has 0 spiro atoms. The van der Waals surface area contributed by atoms with Crippen LogP contribution in [0.2, 0.25) is 0 Å². The lowest BCUT2D eigenvalue weighted by atomic mass is 10.0. The lowest BCUT2D eigenvalue weighted by Crippen LogP contribution is -2.47. The number of piperidine rings is 1. The van der Waals surface area contributed by atoms with Gasteiger partial charge < -0.3 is 24.3 Å². The Morgan fingerprint density at radius 1 is 1.12 bits per heavy atom. The maximum Gasteiger partial charge on any atom is 0.337 e. The first kappa shape index (κ1) is 23.8. The first-order chi connectivity index (χ1) is 16.4. The molecule has 180 valence electrons. The van der Waals surface area contributed by atoms with Gasteiger partial charge in [-0.3, -0.25) is 4.79 Å². The first-order valence-electron chi connectivity index (χ1n) is 11.7. The Labute approximate surface area is 199 Å². The van der Waals surface area contributed by atoms with Crippen molar-refractivity contribution < 1.29 is 19.1 Å². The first-order valence-corrected chi connectivity index (χ1v) is 11.7. The van der Waals surface area contributed by atoms with Gasteiger partial charge in [0, 0.05) is 31.7 Å². The number of fused-ring (bicyclic) bond motifs is 1. The Kier molecular flexibility index (Phi) is 7.17. The molecule has 2 heterocycles. The van der Waals surface area contributed by atoms with Crippen LogP contribution in [-0.4, -0.2) is 65.7 Å². The highest BCUT2D eigenvalue weighted by molar-refractivity contribution is 5.98. The molecule has 1 saturated heterocycles. The number of carbonyl (C=O) groups excluding carboxylic acids is 2. The molecule has 1 fully saturated rings. The molecule has 1 aliphatic rings. The molecule has 1 aliphatic heterocycles. The summed E-state index contributed by atoms with van der Waals surface area (Å²) in [7, 11) is 2.97. The Hall–Kier alpha value is -3.39. The standard InChI is InChI=1S/C26H32N4O4/c1-17(2)29-12-10-20(11-13-29)27-25(31)24-28-22-9-8-19(26(32)34-4)15-23(22)30(24)16-18-6-5-7-21(14-18)33-3/h5-9,14-15,17,20H,10-13,16H2,1-4H3,(H,27,31). The van der Waals surface area contributed by atoms with Crippen LogP contribution in [-0.2, 0) is 11.3 Å². The molecule has 2 aromatic carbocycles. The number of esters is 1. The zero-order chi connectivity index (χ0) is 24.2. The van der Waals surface area contributed by atoms with E-state index in [1.54, 1.807) is 25.3 Å². The van der Waals surface area contributed by atoms with Crippen LogP contribution in [0.1, 0.15) is 53.2 Å². The van der Waals surface area contributed by atoms with Crippen LogP contribution < -0.4 is 10.1 Å². The molecule has 8 nitrogen and oxygen atoms in total. The number of aromatic nitrogens is 2. The van der Waals surface area contributed by atoms with Gasteiger partial charge in [0.25, 0.3) is 5.91 Å². The molecule has 8 heteroatoms. The third-order valence-corrected chi connectivity index (χ3v) is 6.44. The molecule has 34 heavy (non-hydrogen) atoms. The van der Waals surface area contributed by atoms with Crippen molar-refractivity contribution in [1.82, 2.24) is 19.8 Å². The Balaban J connectivity index is 1.66. The number of benzene rings is 2. The molecule has 0 unspecified atom stereocenters. The van der Waals surface area contributed by atoms with E-state index in [1.165, 1.54) is 7.11 Å². The molecule has 4 rings (SSSR count). The molecular weight excluding hydrogens is 432 g/mol. The number of amides is 1. The van der Waals surface area contributed by atoms with Gasteiger partial charge >= 0.3 is 5.97 Å². The zero-order valence-corrected chi connectivity index (χ0v) is 20.2. The molecule has 1 amide bonds. The highest BCUT2D eigenvalue weighted by Gasteiger charge is 2.25. The number of hydrogen-bond acceptors (Lipinski definition) is 6. The second kappa shape index (κ2) is 10.3. The minimum absolute atomic E-state index is 0.109. The Bertz CT molecular complexity index is 1180. The van der Waals surface area contributed by atoms with Crippen LogP contribution in [0.3, 0.4) is 0 Å². The summed E-state index contributed by atoms with van der Waals surface area (Å²) in [6, 6.07) is 13.5. The number of ether oxygens (including phenoxy) is 2. The molecular formula is C26H32N4O4. The van der Waals surface area contributed by atoms with E-state index in [4.69, 9.17) is 9.47 Å². The predicted octanol–water partition coefficient (Wildman–Crippen LogP) is 3.48. The van der Waals surface area contributed by atoms with Crippen molar-refractivity contribution in [2.45, 2.75) is 45.3 Å². The van der Waals surface area contributed by atoms with Gasteiger partial charge in [0.05, 0.1) is 30.8 Å². The second-order valence-electron chi connectivity index (χ2n) is 8.95. The SMILES string of the molecule is COC(=O)c1ccc2nc(C(=O)NC3CCN(C(C)C)CC3)n(Cc3cccc(OC)c3)c2c1. The highest BCUT2D eigenvalue weighted by Crippen LogP contribution is 2.23. The molecule has 0 bridgehead atoms. The number of likely N-dealkylation sites (tertiary alicyclic amines) is 1. The van der Waals surface area contributed by atoms with Crippen molar-refractivity contribution in [2.75, 3.05) is 27.3 Å². The lowest BCUT2D eigenvalue weighted by Gasteiger charge is -2.34. The molecule has 1 aromatic heterocycles. The summed E-state index contributed by atoms with van der Waals surface area (Å²) in [6.07, 6.45) is 1.82. The Morgan fingerprint density at radius 3 is 2.56 bits per heavy atom. The fraction of sp³-hybridized carbons (Fsp3) is 0.423. The second-order valence-corrected chi connectivity index (χ2v) is 8.95. The molecule has 0 saturated carbocycles. The van der Waals surface area contributed by atoms with Crippen LogP contribution >= 0.6 is 0 Å². The van der Waals surface area contributed by atoms with Gasteiger partial charge in [0.2, 0.25) is 0 Å². The van der Waals surface area contributed by atoms with E-state index in [0.29, 0.717) is 35.0 Å². The van der Waals surface area contributed by atoms with E-state index in [1.807, 2.05) is 28.8 Å². The minimum Gasteiger partial charge on any atom is -0.497 e. The van der Waals surface area contributed by atoms with Gasteiger partial charge in [-0.2, -0.15) is 0 Å². The highest BCUT2D eigenvalue weighted by atomic mass is 16.5. The zero-order valence-electron chi connectivity index (χ0n) is 20.2. The van der Waals surface area contributed by atoms with Crippen molar-refractivity contribution in [3.05, 3.63) is 59.4 Å². The number of methoxy groups -OCH3 is 2. The van der Waals surface area contributed by atoms with E-state index in [-0.39, 0.29) is 11.9 Å². The number of imidazole rings is 1. The maximum absolute atomic E-state index is 13.4. The quantitative estimate of drug-likeness (QED) is 0.539. The summed E-state index contributed by atoms with van der Waals surface area (Å²) >= 11 is 0. The van der Waals surface area contributed by atoms with Crippen LogP contribution in [0.4, 0.5) is 0 Å². The van der Waals surface area contributed by atoms with Crippen molar-refractivity contribution in [2.24, 2.45) is 0 Å². The molecule has 3 aromatic rings. The van der Waals surface area contributed by atoms with Crippen molar-refractivity contribution in [1.29, 1.82) is 0 Å². The largest absolute Gasteiger partial charge is 0.497 e. The van der Waals surface area contributed by atoms with E-state index >= 15 is 0 Å². The van der Waals surface area contributed by atoms with E-state index in [2.05, 4.69) is 29.0 Å². The number of carbonyl (C=O) groups is 2. The maximum atomic E-state index is 13.4. The normalized spacial score (nSPS) is 15.0. The number of rotatable bonds is 7. The fourth-order valence-electron chi connectivity index (χ4n) is 4.46. The van der Waals surface area contributed by atoms with E-state index < -0.39 is 5.97 Å².